The maximum absolute atomic E-state index is 11.0. The molecule has 4 heteroatoms. The second-order valence-electron chi connectivity index (χ2n) is 2.77. The highest BCUT2D eigenvalue weighted by molar-refractivity contribution is 6.01. The number of carbonyl (C=O) groups is 2. The van der Waals surface area contributed by atoms with Gasteiger partial charge in [-0.1, -0.05) is 0 Å². The van der Waals surface area contributed by atoms with Crippen molar-refractivity contribution in [2.24, 2.45) is 0 Å². The summed E-state index contributed by atoms with van der Waals surface area (Å²) in [5.74, 6) is -1.43. The lowest BCUT2D eigenvalue weighted by atomic mass is 9.91. The van der Waals surface area contributed by atoms with Crippen molar-refractivity contribution in [1.29, 1.82) is 0 Å². The van der Waals surface area contributed by atoms with E-state index in [1.165, 1.54) is 0 Å². The van der Waals surface area contributed by atoms with E-state index in [0.717, 1.165) is 6.08 Å². The number of hydrogen-bond donors (Lipinski definition) is 2. The molecule has 1 saturated carbocycles. The number of hydrogen-bond acceptors (Lipinski definition) is 3. The Morgan fingerprint density at radius 3 is 2.75 bits per heavy atom. The van der Waals surface area contributed by atoms with Crippen LogP contribution in [0.2, 0.25) is 0 Å². The van der Waals surface area contributed by atoms with Crippen molar-refractivity contribution in [1.82, 2.24) is 0 Å². The molecule has 1 aliphatic rings. The van der Waals surface area contributed by atoms with E-state index in [-0.39, 0.29) is 11.4 Å². The molecule has 0 saturated heterocycles. The zero-order valence-corrected chi connectivity index (χ0v) is 6.49. The van der Waals surface area contributed by atoms with E-state index >= 15 is 0 Å². The van der Waals surface area contributed by atoms with Gasteiger partial charge in [0.05, 0.1) is 6.10 Å². The lowest BCUT2D eigenvalue weighted by Crippen LogP contribution is -2.24. The van der Waals surface area contributed by atoms with E-state index in [2.05, 4.69) is 0 Å². The number of carboxylic acid groups (broad SMARTS) is 1. The Morgan fingerprint density at radius 1 is 1.58 bits per heavy atom. The molecule has 1 fully saturated rings. The fourth-order valence-corrected chi connectivity index (χ4v) is 1.25. The Kier molecular flexibility index (Phi) is 2.60. The van der Waals surface area contributed by atoms with Crippen molar-refractivity contribution in [3.63, 3.8) is 0 Å². The summed E-state index contributed by atoms with van der Waals surface area (Å²) >= 11 is 0. The molecule has 1 atom stereocenters. The molecular formula is C8H10O4. The van der Waals surface area contributed by atoms with Crippen LogP contribution in [0.25, 0.3) is 0 Å². The van der Waals surface area contributed by atoms with E-state index < -0.39 is 12.1 Å². The van der Waals surface area contributed by atoms with Crippen molar-refractivity contribution >= 4 is 11.8 Å². The lowest BCUT2D eigenvalue weighted by Gasteiger charge is -2.18. The largest absolute Gasteiger partial charge is 0.478 e. The second-order valence-corrected chi connectivity index (χ2v) is 2.77. The number of aliphatic carboxylic acids is 1. The normalized spacial score (nSPS) is 27.6. The SMILES string of the molecule is O=C(O)/C=C1\C(=O)CCCC1O. The summed E-state index contributed by atoms with van der Waals surface area (Å²) in [5.41, 5.74) is 0.0359. The first-order valence-corrected chi connectivity index (χ1v) is 3.77. The van der Waals surface area contributed by atoms with Crippen molar-refractivity contribution in [2.75, 3.05) is 0 Å². The van der Waals surface area contributed by atoms with Crippen LogP contribution in [0, 0.1) is 0 Å². The van der Waals surface area contributed by atoms with Gasteiger partial charge >= 0.3 is 5.97 Å². The zero-order valence-electron chi connectivity index (χ0n) is 6.49. The second kappa shape index (κ2) is 3.49. The lowest BCUT2D eigenvalue weighted by molar-refractivity contribution is -0.132. The first-order chi connectivity index (χ1) is 5.61. The molecule has 0 spiro atoms. The van der Waals surface area contributed by atoms with Crippen LogP contribution in [0.4, 0.5) is 0 Å². The van der Waals surface area contributed by atoms with Gasteiger partial charge in [0.25, 0.3) is 0 Å². The van der Waals surface area contributed by atoms with Gasteiger partial charge in [0.1, 0.15) is 0 Å². The fraction of sp³-hybridized carbons (Fsp3) is 0.500. The summed E-state index contributed by atoms with van der Waals surface area (Å²) in [5, 5.41) is 17.6. The van der Waals surface area contributed by atoms with Gasteiger partial charge in [0.15, 0.2) is 5.78 Å². The number of carboxylic acids is 1. The third kappa shape index (κ3) is 1.92. The minimum atomic E-state index is -1.18. The van der Waals surface area contributed by atoms with Crippen LogP contribution in [-0.2, 0) is 9.59 Å². The highest BCUT2D eigenvalue weighted by Gasteiger charge is 2.24. The third-order valence-corrected chi connectivity index (χ3v) is 1.84. The van der Waals surface area contributed by atoms with Crippen LogP contribution in [-0.4, -0.2) is 28.1 Å². The Labute approximate surface area is 69.5 Å². The molecule has 0 amide bonds. The number of carbonyl (C=O) groups excluding carboxylic acids is 1. The summed E-state index contributed by atoms with van der Waals surface area (Å²) in [6.07, 6.45) is 1.37. The van der Waals surface area contributed by atoms with Gasteiger partial charge in [-0.05, 0) is 12.8 Å². The molecule has 2 N–H and O–H groups in total. The molecule has 1 unspecified atom stereocenters. The van der Waals surface area contributed by atoms with Crippen molar-refractivity contribution in [3.05, 3.63) is 11.6 Å². The van der Waals surface area contributed by atoms with Crippen molar-refractivity contribution in [2.45, 2.75) is 25.4 Å². The topological polar surface area (TPSA) is 74.6 Å². The quantitative estimate of drug-likeness (QED) is 0.548. The van der Waals surface area contributed by atoms with Gasteiger partial charge < -0.3 is 10.2 Å². The highest BCUT2D eigenvalue weighted by atomic mass is 16.4. The maximum Gasteiger partial charge on any atom is 0.328 e. The summed E-state index contributed by atoms with van der Waals surface area (Å²) in [7, 11) is 0. The molecule has 0 aromatic carbocycles. The van der Waals surface area contributed by atoms with Crippen LogP contribution >= 0.6 is 0 Å². The summed E-state index contributed by atoms with van der Waals surface area (Å²) in [6.45, 7) is 0. The molecule has 12 heavy (non-hydrogen) atoms. The molecule has 0 aromatic rings. The summed E-state index contributed by atoms with van der Waals surface area (Å²) < 4.78 is 0. The van der Waals surface area contributed by atoms with Gasteiger partial charge in [-0.15, -0.1) is 0 Å². The number of ketones is 1. The van der Waals surface area contributed by atoms with Gasteiger partial charge in [-0.25, -0.2) is 4.79 Å². The van der Waals surface area contributed by atoms with Crippen molar-refractivity contribution in [3.8, 4) is 0 Å². The van der Waals surface area contributed by atoms with Crippen LogP contribution < -0.4 is 0 Å². The minimum absolute atomic E-state index is 0.0359. The van der Waals surface area contributed by atoms with Gasteiger partial charge in [0.2, 0.25) is 0 Å². The zero-order chi connectivity index (χ0) is 9.14. The average Bonchev–Trinajstić information content (AvgIpc) is 1.97. The Hall–Kier alpha value is -1.16. The van der Waals surface area contributed by atoms with E-state index in [4.69, 9.17) is 5.11 Å². The van der Waals surface area contributed by atoms with Gasteiger partial charge in [-0.3, -0.25) is 4.79 Å². The molecule has 0 aromatic heterocycles. The average molecular weight is 170 g/mol. The van der Waals surface area contributed by atoms with Crippen LogP contribution in [0.3, 0.4) is 0 Å². The minimum Gasteiger partial charge on any atom is -0.478 e. The van der Waals surface area contributed by atoms with E-state index in [1.54, 1.807) is 0 Å². The first-order valence-electron chi connectivity index (χ1n) is 3.77. The predicted octanol–water partition coefficient (Wildman–Crippen LogP) is 0.111. The fourth-order valence-electron chi connectivity index (χ4n) is 1.25. The Morgan fingerprint density at radius 2 is 2.25 bits per heavy atom. The third-order valence-electron chi connectivity index (χ3n) is 1.84. The summed E-state index contributed by atoms with van der Waals surface area (Å²) in [4.78, 5) is 21.3. The molecule has 0 radical (unpaired) electrons. The number of aliphatic hydroxyl groups excluding tert-OH is 1. The van der Waals surface area contributed by atoms with E-state index in [0.29, 0.717) is 19.3 Å². The molecule has 1 aliphatic carbocycles. The monoisotopic (exact) mass is 170 g/mol. The number of rotatable bonds is 1. The Bertz CT molecular complexity index is 241. The van der Waals surface area contributed by atoms with Crippen LogP contribution in [0.1, 0.15) is 19.3 Å². The molecule has 0 heterocycles. The molecule has 66 valence electrons. The number of aliphatic hydroxyl groups is 1. The maximum atomic E-state index is 11.0. The molecule has 0 bridgehead atoms. The Balaban J connectivity index is 2.83. The first kappa shape index (κ1) is 8.93. The molecular weight excluding hydrogens is 160 g/mol. The van der Waals surface area contributed by atoms with Crippen molar-refractivity contribution < 1.29 is 19.8 Å². The van der Waals surface area contributed by atoms with Crippen LogP contribution in [0.15, 0.2) is 11.6 Å². The number of Topliss-reactive ketones (excluding diaryl/α,β-unsaturated/α-hetero) is 1. The standard InChI is InChI=1S/C8H10O4/c9-6-2-1-3-7(10)5(6)4-8(11)12/h4,6,9H,1-3H2,(H,11,12)/b5-4-. The predicted molar refractivity (Wildman–Crippen MR) is 40.6 cm³/mol. The van der Waals surface area contributed by atoms with E-state index in [1.807, 2.05) is 0 Å². The molecule has 0 aliphatic heterocycles. The van der Waals surface area contributed by atoms with E-state index in [9.17, 15) is 14.7 Å². The molecule has 4 nitrogen and oxygen atoms in total. The highest BCUT2D eigenvalue weighted by Crippen LogP contribution is 2.20. The molecule has 1 rings (SSSR count). The van der Waals surface area contributed by atoms with Gasteiger partial charge in [-0.2, -0.15) is 0 Å². The van der Waals surface area contributed by atoms with Crippen LogP contribution in [0.5, 0.6) is 0 Å². The smallest absolute Gasteiger partial charge is 0.328 e. The summed E-state index contributed by atoms with van der Waals surface area (Å²) in [6, 6.07) is 0. The van der Waals surface area contributed by atoms with Gasteiger partial charge in [0, 0.05) is 18.1 Å².